The Labute approximate surface area is 186 Å². The fourth-order valence-electron chi connectivity index (χ4n) is 3.95. The number of nitrogen functional groups attached to an aromatic ring is 1. The molecule has 2 N–H and O–H groups in total. The molecule has 0 bridgehead atoms. The number of anilines is 1. The van der Waals surface area contributed by atoms with Crippen molar-refractivity contribution in [1.29, 1.82) is 0 Å². The molecule has 9 heteroatoms. The van der Waals surface area contributed by atoms with Gasteiger partial charge in [-0.3, -0.25) is 4.90 Å². The topological polar surface area (TPSA) is 105 Å². The molecule has 1 atom stereocenters. The van der Waals surface area contributed by atoms with Gasteiger partial charge < -0.3 is 24.7 Å². The summed E-state index contributed by atoms with van der Waals surface area (Å²) < 4.78 is 23.1. The summed E-state index contributed by atoms with van der Waals surface area (Å²) in [5.74, 6) is 2.52. The zero-order chi connectivity index (χ0) is 21.9. The Balaban J connectivity index is 1.33. The molecule has 2 aliphatic rings. The maximum Gasteiger partial charge on any atom is 0.219 e. The highest BCUT2D eigenvalue weighted by molar-refractivity contribution is 5.57. The molecule has 0 unspecified atom stereocenters. The molecule has 0 aliphatic carbocycles. The number of nitrogens with two attached hydrogens (primary N) is 1. The van der Waals surface area contributed by atoms with E-state index in [1.807, 2.05) is 30.3 Å². The van der Waals surface area contributed by atoms with Gasteiger partial charge in [0.1, 0.15) is 25.1 Å². The van der Waals surface area contributed by atoms with Gasteiger partial charge in [0.05, 0.1) is 25.1 Å². The normalized spacial score (nSPS) is 18.3. The van der Waals surface area contributed by atoms with E-state index < -0.39 is 0 Å². The Morgan fingerprint density at radius 1 is 1.09 bits per heavy atom. The second-order valence-corrected chi connectivity index (χ2v) is 7.68. The van der Waals surface area contributed by atoms with Gasteiger partial charge in [0.15, 0.2) is 11.5 Å². The summed E-state index contributed by atoms with van der Waals surface area (Å²) in [7, 11) is 1.67. The number of methoxy groups -OCH3 is 1. The Kier molecular flexibility index (Phi) is 5.74. The smallest absolute Gasteiger partial charge is 0.219 e. The predicted molar refractivity (Wildman–Crippen MR) is 118 cm³/mol. The highest BCUT2D eigenvalue weighted by Crippen LogP contribution is 2.37. The zero-order valence-electron chi connectivity index (χ0n) is 17.9. The van der Waals surface area contributed by atoms with Crippen LogP contribution in [0.4, 0.5) is 5.95 Å². The molecule has 166 valence electrons. The average Bonchev–Trinajstić information content (AvgIpc) is 2.84. The lowest BCUT2D eigenvalue weighted by atomic mass is 10.1. The number of nitrogens with zero attached hydrogens (tertiary/aromatic N) is 4. The monoisotopic (exact) mass is 435 g/mol. The molecule has 2 aliphatic heterocycles. The highest BCUT2D eigenvalue weighted by Gasteiger charge is 2.25. The second-order valence-electron chi connectivity index (χ2n) is 7.68. The van der Waals surface area contributed by atoms with Crippen LogP contribution in [0.25, 0.3) is 11.3 Å². The van der Waals surface area contributed by atoms with Gasteiger partial charge in [-0.15, -0.1) is 0 Å². The number of hydrogen-bond donors (Lipinski definition) is 1. The van der Waals surface area contributed by atoms with Gasteiger partial charge in [-0.05, 0) is 18.2 Å². The first-order valence-electron chi connectivity index (χ1n) is 10.5. The average molecular weight is 435 g/mol. The number of pyridine rings is 1. The summed E-state index contributed by atoms with van der Waals surface area (Å²) in [6.45, 7) is 3.97. The number of morpholine rings is 1. The maximum atomic E-state index is 6.06. The van der Waals surface area contributed by atoms with Crippen LogP contribution >= 0.6 is 0 Å². The van der Waals surface area contributed by atoms with Crippen molar-refractivity contribution in [3.05, 3.63) is 54.0 Å². The van der Waals surface area contributed by atoms with Gasteiger partial charge in [-0.2, -0.15) is 0 Å². The second kappa shape index (κ2) is 8.97. The Hall–Kier alpha value is -3.43. The molecule has 32 heavy (non-hydrogen) atoms. The molecule has 0 radical (unpaired) electrons. The molecule has 0 saturated carbocycles. The van der Waals surface area contributed by atoms with Crippen LogP contribution in [0.3, 0.4) is 0 Å². The first-order chi connectivity index (χ1) is 15.7. The van der Waals surface area contributed by atoms with Crippen LogP contribution in [0.5, 0.6) is 17.2 Å². The van der Waals surface area contributed by atoms with Crippen LogP contribution in [0, 0.1) is 0 Å². The molecule has 0 amide bonds. The third kappa shape index (κ3) is 4.30. The van der Waals surface area contributed by atoms with Gasteiger partial charge >= 0.3 is 0 Å². The molecule has 1 fully saturated rings. The number of ether oxygens (including phenoxy) is 4. The minimum absolute atomic E-state index is 0.137. The van der Waals surface area contributed by atoms with E-state index in [9.17, 15) is 0 Å². The summed E-state index contributed by atoms with van der Waals surface area (Å²) in [4.78, 5) is 15.3. The predicted octanol–water partition coefficient (Wildman–Crippen LogP) is 2.47. The van der Waals surface area contributed by atoms with Crippen molar-refractivity contribution in [2.75, 3.05) is 45.8 Å². The molecule has 1 aromatic carbocycles. The van der Waals surface area contributed by atoms with E-state index in [2.05, 4.69) is 14.9 Å². The number of rotatable bonds is 5. The third-order valence-corrected chi connectivity index (χ3v) is 5.56. The van der Waals surface area contributed by atoms with Crippen LogP contribution < -0.4 is 19.9 Å². The van der Waals surface area contributed by atoms with Gasteiger partial charge in [0.25, 0.3) is 0 Å². The van der Waals surface area contributed by atoms with E-state index >= 15 is 0 Å². The van der Waals surface area contributed by atoms with E-state index in [4.69, 9.17) is 29.7 Å². The molecule has 1 saturated heterocycles. The van der Waals surface area contributed by atoms with E-state index in [1.54, 1.807) is 19.5 Å². The molecule has 0 spiro atoms. The summed E-state index contributed by atoms with van der Waals surface area (Å²) in [5, 5.41) is 0. The number of hydrogen-bond acceptors (Lipinski definition) is 9. The van der Waals surface area contributed by atoms with Crippen LogP contribution in [0.15, 0.2) is 42.7 Å². The summed E-state index contributed by atoms with van der Waals surface area (Å²) in [6.07, 6.45) is 3.22. The largest absolute Gasteiger partial charge is 0.496 e. The standard InChI is InChI=1S/C23H25N5O4/c1-29-19-10-21-20(31-7-8-32-21)9-15(19)13-28-5-6-30-22(14-28)18-4-2-3-17(27-18)16-11-25-23(24)26-12-16/h2-4,9-12,22H,5-8,13-14H2,1H3,(H2,24,25,26)/t22-/m0/s1. The molecular formula is C23H25N5O4. The highest BCUT2D eigenvalue weighted by atomic mass is 16.6. The Bertz CT molecular complexity index is 1090. The minimum atomic E-state index is -0.137. The molecule has 3 aromatic rings. The quantitative estimate of drug-likeness (QED) is 0.647. The van der Waals surface area contributed by atoms with Gasteiger partial charge in [0, 0.05) is 49.2 Å². The summed E-state index contributed by atoms with van der Waals surface area (Å²) in [6, 6.07) is 9.80. The van der Waals surface area contributed by atoms with E-state index in [0.29, 0.717) is 32.9 Å². The van der Waals surface area contributed by atoms with Crippen LogP contribution in [0.1, 0.15) is 17.4 Å². The van der Waals surface area contributed by atoms with Crippen LogP contribution in [-0.2, 0) is 11.3 Å². The van der Waals surface area contributed by atoms with E-state index in [-0.39, 0.29) is 12.1 Å². The van der Waals surface area contributed by atoms with Crippen molar-refractivity contribution in [3.8, 4) is 28.5 Å². The van der Waals surface area contributed by atoms with Crippen molar-refractivity contribution < 1.29 is 18.9 Å². The van der Waals surface area contributed by atoms with Crippen molar-refractivity contribution in [3.63, 3.8) is 0 Å². The van der Waals surface area contributed by atoms with Gasteiger partial charge in [0.2, 0.25) is 5.95 Å². The first-order valence-corrected chi connectivity index (χ1v) is 10.5. The Morgan fingerprint density at radius 2 is 1.88 bits per heavy atom. The fourth-order valence-corrected chi connectivity index (χ4v) is 3.95. The summed E-state index contributed by atoms with van der Waals surface area (Å²) >= 11 is 0. The molecule has 4 heterocycles. The fraction of sp³-hybridized carbons (Fsp3) is 0.348. The van der Waals surface area contributed by atoms with Crippen LogP contribution in [0.2, 0.25) is 0 Å². The zero-order valence-corrected chi connectivity index (χ0v) is 17.9. The Morgan fingerprint density at radius 3 is 2.66 bits per heavy atom. The number of benzene rings is 1. The van der Waals surface area contributed by atoms with E-state index in [0.717, 1.165) is 46.3 Å². The van der Waals surface area contributed by atoms with Crippen LogP contribution in [-0.4, -0.2) is 59.9 Å². The van der Waals surface area contributed by atoms with E-state index in [1.165, 1.54) is 0 Å². The minimum Gasteiger partial charge on any atom is -0.496 e. The number of fused-ring (bicyclic) bond motifs is 1. The number of aromatic nitrogens is 3. The SMILES string of the molecule is COc1cc2c(cc1CN1CCO[C@H](c3cccc(-c4cnc(N)nc4)n3)C1)OCCO2. The summed E-state index contributed by atoms with van der Waals surface area (Å²) in [5.41, 5.74) is 9.13. The van der Waals surface area contributed by atoms with Crippen molar-refractivity contribution >= 4 is 5.95 Å². The van der Waals surface area contributed by atoms with Crippen molar-refractivity contribution in [1.82, 2.24) is 19.9 Å². The van der Waals surface area contributed by atoms with Crippen molar-refractivity contribution in [2.45, 2.75) is 12.6 Å². The first kappa shape index (κ1) is 20.5. The lowest BCUT2D eigenvalue weighted by molar-refractivity contribution is -0.0351. The van der Waals surface area contributed by atoms with Gasteiger partial charge in [-0.25, -0.2) is 15.0 Å². The lowest BCUT2D eigenvalue weighted by Gasteiger charge is -2.33. The van der Waals surface area contributed by atoms with Crippen molar-refractivity contribution in [2.24, 2.45) is 0 Å². The molecule has 2 aromatic heterocycles. The lowest BCUT2D eigenvalue weighted by Crippen LogP contribution is -2.38. The maximum absolute atomic E-state index is 6.06. The molecule has 9 nitrogen and oxygen atoms in total. The molecular weight excluding hydrogens is 410 g/mol. The van der Waals surface area contributed by atoms with Gasteiger partial charge in [-0.1, -0.05) is 6.07 Å². The molecule has 5 rings (SSSR count). The third-order valence-electron chi connectivity index (χ3n) is 5.56.